The Balaban J connectivity index is 1.63. The number of benzene rings is 1. The van der Waals surface area contributed by atoms with Crippen molar-refractivity contribution in [1.82, 2.24) is 19.5 Å². The molecule has 12 nitrogen and oxygen atoms in total. The van der Waals surface area contributed by atoms with Crippen molar-refractivity contribution in [3.8, 4) is 0 Å². The maximum absolute atomic E-state index is 14.4. The first kappa shape index (κ1) is 32.0. The van der Waals surface area contributed by atoms with Gasteiger partial charge < -0.3 is 25.0 Å². The number of imidazole rings is 1. The molecule has 1 atom stereocenters. The number of ether oxygens (including phenoxy) is 2. The highest BCUT2D eigenvalue weighted by atomic mass is 32.2. The normalized spacial score (nSPS) is 15.3. The minimum atomic E-state index is -3.61. The fourth-order valence-corrected chi connectivity index (χ4v) is 5.66. The Bertz CT molecular complexity index is 1820. The van der Waals surface area contributed by atoms with Crippen LogP contribution in [0.5, 0.6) is 0 Å². The van der Waals surface area contributed by atoms with E-state index in [0.29, 0.717) is 60.3 Å². The van der Waals surface area contributed by atoms with E-state index < -0.39 is 28.5 Å². The largest absolute Gasteiger partial charge is 0.390 e. The zero-order valence-corrected chi connectivity index (χ0v) is 25.9. The third kappa shape index (κ3) is 7.14. The van der Waals surface area contributed by atoms with E-state index in [9.17, 15) is 17.2 Å². The fraction of sp³-hybridized carbons (Fsp3) is 0.400. The van der Waals surface area contributed by atoms with Crippen LogP contribution in [0.3, 0.4) is 0 Å². The molecule has 1 saturated heterocycles. The van der Waals surface area contributed by atoms with Gasteiger partial charge in [0.05, 0.1) is 47.7 Å². The molecule has 0 saturated carbocycles. The number of halogens is 2. The molecule has 4 aromatic rings. The molecule has 1 unspecified atom stereocenters. The van der Waals surface area contributed by atoms with Crippen LogP contribution in [-0.4, -0.2) is 68.1 Å². The van der Waals surface area contributed by atoms with Crippen molar-refractivity contribution in [3.63, 3.8) is 0 Å². The zero-order chi connectivity index (χ0) is 32.1. The molecule has 5 rings (SSSR count). The molecule has 15 heteroatoms. The molecule has 1 aliphatic rings. The quantitative estimate of drug-likeness (QED) is 0.146. The number of rotatable bonds is 12. The molecule has 2 N–H and O–H groups in total. The Morgan fingerprint density at radius 1 is 1.13 bits per heavy atom. The molecule has 4 heterocycles. The first-order chi connectivity index (χ1) is 21.6. The fourth-order valence-electron chi connectivity index (χ4n) is 5.14. The summed E-state index contributed by atoms with van der Waals surface area (Å²) < 4.78 is 67.1. The molecule has 0 spiro atoms. The summed E-state index contributed by atoms with van der Waals surface area (Å²) in [5.41, 5.74) is 3.10. The molecule has 45 heavy (non-hydrogen) atoms. The lowest BCUT2D eigenvalue weighted by atomic mass is 10.1. The van der Waals surface area contributed by atoms with Gasteiger partial charge in [-0.3, -0.25) is 8.87 Å². The lowest BCUT2D eigenvalue weighted by Crippen LogP contribution is -2.25. The third-order valence-electron chi connectivity index (χ3n) is 7.40. The summed E-state index contributed by atoms with van der Waals surface area (Å²) in [7, 11) is -0.587. The number of hydrogen-bond donors (Lipinski definition) is 2. The summed E-state index contributed by atoms with van der Waals surface area (Å²) in [5, 5.41) is 6.37. The minimum absolute atomic E-state index is 0.178. The molecular formula is C30H34F2N8O4S. The number of nitrogens with zero attached hydrogens (tertiary/aromatic N) is 6. The van der Waals surface area contributed by atoms with Crippen LogP contribution in [-0.2, 0) is 25.9 Å². The van der Waals surface area contributed by atoms with E-state index >= 15 is 0 Å². The van der Waals surface area contributed by atoms with Gasteiger partial charge in [0, 0.05) is 27.3 Å². The summed E-state index contributed by atoms with van der Waals surface area (Å²) in [4.78, 5) is 17.2. The van der Waals surface area contributed by atoms with E-state index in [-0.39, 0.29) is 23.4 Å². The van der Waals surface area contributed by atoms with Gasteiger partial charge in [-0.1, -0.05) is 18.7 Å². The van der Waals surface area contributed by atoms with Crippen molar-refractivity contribution in [2.75, 3.05) is 55.1 Å². The van der Waals surface area contributed by atoms with Crippen LogP contribution in [0.15, 0.2) is 42.5 Å². The van der Waals surface area contributed by atoms with Crippen molar-refractivity contribution in [2.45, 2.75) is 38.3 Å². The van der Waals surface area contributed by atoms with Crippen molar-refractivity contribution in [3.05, 3.63) is 71.1 Å². The summed E-state index contributed by atoms with van der Waals surface area (Å²) in [6, 6.07) is 12.0. The van der Waals surface area contributed by atoms with Crippen LogP contribution in [0, 0.1) is 6.57 Å². The maximum atomic E-state index is 14.4. The van der Waals surface area contributed by atoms with E-state index in [2.05, 4.69) is 25.4 Å². The molecule has 1 aliphatic heterocycles. The highest BCUT2D eigenvalue weighted by Gasteiger charge is 2.29. The first-order valence-electron chi connectivity index (χ1n) is 14.3. The molecule has 0 amide bonds. The molecule has 238 valence electrons. The summed E-state index contributed by atoms with van der Waals surface area (Å²) in [6.07, 6.45) is -0.143. The van der Waals surface area contributed by atoms with Gasteiger partial charge in [-0.2, -0.15) is 0 Å². The van der Waals surface area contributed by atoms with E-state index in [0.717, 1.165) is 23.4 Å². The summed E-state index contributed by atoms with van der Waals surface area (Å²) in [6.45, 7) is 9.00. The Morgan fingerprint density at radius 3 is 2.62 bits per heavy atom. The molecule has 1 fully saturated rings. The highest BCUT2D eigenvalue weighted by molar-refractivity contribution is 7.92. The van der Waals surface area contributed by atoms with Crippen LogP contribution in [0.2, 0.25) is 0 Å². The molecular weight excluding hydrogens is 606 g/mol. The third-order valence-corrected chi connectivity index (χ3v) is 8.59. The van der Waals surface area contributed by atoms with Crippen LogP contribution < -0.4 is 14.9 Å². The molecule has 1 aromatic carbocycles. The number of fused-ring (bicyclic) bond motifs is 1. The Labute approximate surface area is 260 Å². The standard InChI is InChI=1S/C30H34F2N8O4S/c1-33-28-22(34-14-16-43-3)13-12-19(35-28)17-20-18-23(37-21-9-5-6-10-24(21)39(2)45(4,41)42)26-29(36-20)40(30(38-26)27(31)32)25-11-7-8-15-44-25/h5-6,9-10,12-13,18,25,27,34H,7-8,11,14-17H2,2-4H3,(H,36,37). The van der Waals surface area contributed by atoms with Gasteiger partial charge in [0.2, 0.25) is 10.0 Å². The van der Waals surface area contributed by atoms with Crippen molar-refractivity contribution in [1.29, 1.82) is 0 Å². The molecule has 0 aliphatic carbocycles. The number of anilines is 4. The zero-order valence-electron chi connectivity index (χ0n) is 25.1. The van der Waals surface area contributed by atoms with Gasteiger partial charge >= 0.3 is 0 Å². The minimum Gasteiger partial charge on any atom is -0.390 e. The average Bonchev–Trinajstić information content (AvgIpc) is 3.42. The van der Waals surface area contributed by atoms with Gasteiger partial charge in [-0.05, 0) is 49.6 Å². The van der Waals surface area contributed by atoms with E-state index in [1.807, 2.05) is 0 Å². The highest BCUT2D eigenvalue weighted by Crippen LogP contribution is 2.37. The Hall–Kier alpha value is -4.39. The lowest BCUT2D eigenvalue weighted by molar-refractivity contribution is -0.0363. The van der Waals surface area contributed by atoms with Crippen LogP contribution in [0.1, 0.15) is 49.1 Å². The van der Waals surface area contributed by atoms with Crippen LogP contribution >= 0.6 is 0 Å². The van der Waals surface area contributed by atoms with Crippen molar-refractivity contribution < 1.29 is 26.7 Å². The molecule has 3 aromatic heterocycles. The van der Waals surface area contributed by atoms with Crippen LogP contribution in [0.4, 0.5) is 37.3 Å². The SMILES string of the molecule is [C-]#[N+]c1nc(Cc2cc(Nc3ccccc3N(C)S(C)(=O)=O)c3nc(C(F)F)n(C4CCCCO4)c3n2)ccc1NCCOC. The average molecular weight is 641 g/mol. The van der Waals surface area contributed by atoms with Gasteiger partial charge in [-0.25, -0.2) is 27.2 Å². The monoisotopic (exact) mass is 640 g/mol. The van der Waals surface area contributed by atoms with E-state index in [1.165, 1.54) is 11.6 Å². The maximum Gasteiger partial charge on any atom is 0.295 e. The van der Waals surface area contributed by atoms with E-state index in [1.54, 1.807) is 49.6 Å². The number of para-hydroxylation sites is 2. The second kappa shape index (κ2) is 13.7. The number of pyridine rings is 2. The second-order valence-electron chi connectivity index (χ2n) is 10.5. The number of methoxy groups -OCH3 is 1. The van der Waals surface area contributed by atoms with Gasteiger partial charge in [-0.15, -0.1) is 4.98 Å². The van der Waals surface area contributed by atoms with Gasteiger partial charge in [0.25, 0.3) is 12.2 Å². The number of aromatic nitrogens is 4. The second-order valence-corrected chi connectivity index (χ2v) is 12.6. The summed E-state index contributed by atoms with van der Waals surface area (Å²) >= 11 is 0. The predicted molar refractivity (Wildman–Crippen MR) is 168 cm³/mol. The van der Waals surface area contributed by atoms with Crippen molar-refractivity contribution >= 4 is 49.8 Å². The topological polar surface area (TPSA) is 128 Å². The molecule has 0 radical (unpaired) electrons. The smallest absolute Gasteiger partial charge is 0.295 e. The number of nitrogens with one attached hydrogen (secondary N) is 2. The van der Waals surface area contributed by atoms with E-state index in [4.69, 9.17) is 21.0 Å². The number of alkyl halides is 2. The van der Waals surface area contributed by atoms with Crippen molar-refractivity contribution in [2.24, 2.45) is 0 Å². The number of hydrogen-bond acceptors (Lipinski definition) is 9. The predicted octanol–water partition coefficient (Wildman–Crippen LogP) is 5.80. The summed E-state index contributed by atoms with van der Waals surface area (Å²) in [5.74, 6) is -0.285. The Kier molecular flexibility index (Phi) is 9.76. The van der Waals surface area contributed by atoms with Gasteiger partial charge in [0.15, 0.2) is 11.5 Å². The first-order valence-corrected chi connectivity index (χ1v) is 16.2. The molecule has 0 bridgehead atoms. The Morgan fingerprint density at radius 2 is 1.93 bits per heavy atom. The lowest BCUT2D eigenvalue weighted by Gasteiger charge is -2.25. The number of sulfonamides is 1. The van der Waals surface area contributed by atoms with Gasteiger partial charge in [0.1, 0.15) is 17.4 Å². The van der Waals surface area contributed by atoms with Crippen LogP contribution in [0.25, 0.3) is 16.0 Å².